The molecule has 6 aromatic rings. The van der Waals surface area contributed by atoms with Crippen LogP contribution < -0.4 is 19.5 Å². The van der Waals surface area contributed by atoms with E-state index < -0.39 is 0 Å². The van der Waals surface area contributed by atoms with Crippen LogP contribution in [0.15, 0.2) is 71.3 Å². The van der Waals surface area contributed by atoms with Crippen molar-refractivity contribution < 1.29 is 23.4 Å². The van der Waals surface area contributed by atoms with E-state index in [0.29, 0.717) is 60.0 Å². The molecule has 3 aromatic heterocycles. The smallest absolute Gasteiger partial charge is 0.294 e. The third-order valence-electron chi connectivity index (χ3n) is 5.96. The van der Waals surface area contributed by atoms with Crippen LogP contribution in [0.2, 0.25) is 10.0 Å². The summed E-state index contributed by atoms with van der Waals surface area (Å²) in [7, 11) is 3.15. The van der Waals surface area contributed by atoms with Gasteiger partial charge in [-0.1, -0.05) is 35.3 Å². The maximum atomic E-state index is 12.7. The van der Waals surface area contributed by atoms with Crippen LogP contribution in [0.4, 0.5) is 5.69 Å². The lowest BCUT2D eigenvalue weighted by molar-refractivity contribution is 0.102. The molecule has 3 aromatic carbocycles. The molecule has 0 spiro atoms. The Morgan fingerprint density at radius 3 is 2.62 bits per heavy atom. The molecule has 0 atom stereocenters. The molecule has 0 saturated carbocycles. The van der Waals surface area contributed by atoms with Crippen molar-refractivity contribution in [2.75, 3.05) is 19.5 Å². The normalized spacial score (nSPS) is 11.2. The number of furan rings is 1. The summed E-state index contributed by atoms with van der Waals surface area (Å²) in [5.74, 6) is 1.40. The average molecular weight is 595 g/mol. The number of imidazole rings is 1. The van der Waals surface area contributed by atoms with Crippen molar-refractivity contribution in [3.05, 3.63) is 88.0 Å². The summed E-state index contributed by atoms with van der Waals surface area (Å²) in [6.45, 7) is 0.236. The second-order valence-corrected chi connectivity index (χ2v) is 10.5. The SMILES string of the molecule is COc1cc(OCc2cccc(NC(=O)c3cc(Cl)cc(Cl)c3)c2)c2cc(-c3cn4nc(OC)sc4n3)oc2c1. The van der Waals surface area contributed by atoms with E-state index in [1.165, 1.54) is 11.3 Å². The number of hydrogen-bond donors (Lipinski definition) is 1. The Morgan fingerprint density at radius 2 is 1.88 bits per heavy atom. The molecule has 0 aliphatic heterocycles. The number of benzene rings is 3. The minimum Gasteiger partial charge on any atom is -0.496 e. The Bertz CT molecular complexity index is 1830. The van der Waals surface area contributed by atoms with Crippen LogP contribution in [0.1, 0.15) is 15.9 Å². The van der Waals surface area contributed by atoms with Crippen molar-refractivity contribution in [2.45, 2.75) is 6.61 Å². The van der Waals surface area contributed by atoms with Crippen LogP contribution in [0.3, 0.4) is 0 Å². The molecule has 12 heteroatoms. The molecular formula is C28H20Cl2N4O5S. The number of carbonyl (C=O) groups excluding carboxylic acids is 1. The molecule has 40 heavy (non-hydrogen) atoms. The van der Waals surface area contributed by atoms with Gasteiger partial charge in [0.2, 0.25) is 4.96 Å². The first-order chi connectivity index (χ1) is 19.4. The summed E-state index contributed by atoms with van der Waals surface area (Å²) >= 11 is 13.4. The summed E-state index contributed by atoms with van der Waals surface area (Å²) in [5.41, 5.74) is 3.03. The van der Waals surface area contributed by atoms with Gasteiger partial charge in [-0.25, -0.2) is 9.50 Å². The van der Waals surface area contributed by atoms with Crippen LogP contribution in [0.25, 0.3) is 27.4 Å². The van der Waals surface area contributed by atoms with Gasteiger partial charge in [-0.05, 0) is 53.3 Å². The van der Waals surface area contributed by atoms with Crippen LogP contribution in [-0.4, -0.2) is 34.7 Å². The third-order valence-corrected chi connectivity index (χ3v) is 7.28. The highest BCUT2D eigenvalue weighted by atomic mass is 35.5. The quantitative estimate of drug-likeness (QED) is 0.196. The number of methoxy groups -OCH3 is 2. The van der Waals surface area contributed by atoms with E-state index in [0.717, 1.165) is 10.9 Å². The molecule has 3 heterocycles. The standard InChI is InChI=1S/C28H20Cl2N4O5S/c1-36-20-10-23(21-12-25(39-24(21)11-20)22-13-34-27(32-22)40-28(33-34)37-2)38-14-15-4-3-5-19(6-15)31-26(35)16-7-17(29)9-18(30)8-16/h3-13H,14H2,1-2H3,(H,31,35). The van der Waals surface area contributed by atoms with Crippen LogP contribution in [0, 0.1) is 0 Å². The Morgan fingerprint density at radius 1 is 1.05 bits per heavy atom. The van der Waals surface area contributed by atoms with Gasteiger partial charge in [-0.3, -0.25) is 4.79 Å². The minimum absolute atomic E-state index is 0.236. The van der Waals surface area contributed by atoms with Gasteiger partial charge in [0.15, 0.2) is 5.76 Å². The number of carbonyl (C=O) groups is 1. The first-order valence-corrected chi connectivity index (χ1v) is 13.5. The molecule has 0 saturated heterocycles. The van der Waals surface area contributed by atoms with Gasteiger partial charge in [-0.2, -0.15) is 0 Å². The highest BCUT2D eigenvalue weighted by Gasteiger charge is 2.17. The predicted octanol–water partition coefficient (Wildman–Crippen LogP) is 7.36. The number of hydrogen-bond acceptors (Lipinski definition) is 8. The van der Waals surface area contributed by atoms with Gasteiger partial charge in [-0.15, -0.1) is 5.10 Å². The highest BCUT2D eigenvalue weighted by Crippen LogP contribution is 2.37. The number of nitrogens with one attached hydrogen (secondary N) is 1. The highest BCUT2D eigenvalue weighted by molar-refractivity contribution is 7.18. The number of aromatic nitrogens is 3. The van der Waals surface area contributed by atoms with Crippen LogP contribution >= 0.6 is 34.5 Å². The van der Waals surface area contributed by atoms with E-state index >= 15 is 0 Å². The van der Waals surface area contributed by atoms with Crippen molar-refractivity contribution >= 4 is 62.1 Å². The Kier molecular flexibility index (Phi) is 6.97. The van der Waals surface area contributed by atoms with Crippen LogP contribution in [0.5, 0.6) is 16.7 Å². The molecular weight excluding hydrogens is 575 g/mol. The number of fused-ring (bicyclic) bond motifs is 2. The van der Waals surface area contributed by atoms with Crippen molar-refractivity contribution in [1.29, 1.82) is 0 Å². The van der Waals surface area contributed by atoms with Gasteiger partial charge >= 0.3 is 0 Å². The van der Waals surface area contributed by atoms with E-state index in [1.807, 2.05) is 24.3 Å². The number of ether oxygens (including phenoxy) is 3. The Balaban J connectivity index is 1.23. The number of amides is 1. The van der Waals surface area contributed by atoms with Crippen molar-refractivity contribution in [3.8, 4) is 28.1 Å². The molecule has 0 bridgehead atoms. The van der Waals surface area contributed by atoms with Gasteiger partial charge in [0.05, 0.1) is 25.8 Å². The minimum atomic E-state index is -0.323. The van der Waals surface area contributed by atoms with E-state index in [-0.39, 0.29) is 12.5 Å². The molecule has 0 unspecified atom stereocenters. The van der Waals surface area contributed by atoms with Crippen molar-refractivity contribution in [1.82, 2.24) is 14.6 Å². The first kappa shape index (κ1) is 26.0. The fourth-order valence-corrected chi connectivity index (χ4v) is 5.34. The number of rotatable bonds is 8. The summed E-state index contributed by atoms with van der Waals surface area (Å²) in [4.78, 5) is 18.0. The second-order valence-electron chi connectivity index (χ2n) is 8.67. The number of anilines is 1. The van der Waals surface area contributed by atoms with E-state index in [9.17, 15) is 4.79 Å². The van der Waals surface area contributed by atoms with E-state index in [2.05, 4.69) is 15.4 Å². The van der Waals surface area contributed by atoms with Crippen LogP contribution in [-0.2, 0) is 6.61 Å². The van der Waals surface area contributed by atoms with Gasteiger partial charge in [0, 0.05) is 33.4 Å². The topological polar surface area (TPSA) is 100 Å². The predicted molar refractivity (Wildman–Crippen MR) is 154 cm³/mol. The summed E-state index contributed by atoms with van der Waals surface area (Å²) in [6, 6.07) is 17.5. The average Bonchev–Trinajstić information content (AvgIpc) is 3.64. The Hall–Kier alpha value is -4.25. The fraction of sp³-hybridized carbons (Fsp3) is 0.107. The molecule has 1 amide bonds. The number of nitrogens with zero attached hydrogens (tertiary/aromatic N) is 3. The zero-order chi connectivity index (χ0) is 27.8. The molecule has 0 aliphatic carbocycles. The van der Waals surface area contributed by atoms with E-state index in [4.69, 9.17) is 41.8 Å². The lowest BCUT2D eigenvalue weighted by Crippen LogP contribution is -2.12. The van der Waals surface area contributed by atoms with E-state index in [1.54, 1.807) is 61.3 Å². The fourth-order valence-electron chi connectivity index (χ4n) is 4.12. The number of halogens is 2. The monoisotopic (exact) mass is 594 g/mol. The molecule has 0 aliphatic rings. The van der Waals surface area contributed by atoms with Gasteiger partial charge in [0.1, 0.15) is 29.4 Å². The zero-order valence-electron chi connectivity index (χ0n) is 21.1. The van der Waals surface area contributed by atoms with Crippen molar-refractivity contribution in [2.24, 2.45) is 0 Å². The molecule has 9 nitrogen and oxygen atoms in total. The third kappa shape index (κ3) is 5.29. The second kappa shape index (κ2) is 10.7. The van der Waals surface area contributed by atoms with Gasteiger partial charge < -0.3 is 23.9 Å². The maximum Gasteiger partial charge on any atom is 0.294 e. The van der Waals surface area contributed by atoms with Crippen molar-refractivity contribution in [3.63, 3.8) is 0 Å². The van der Waals surface area contributed by atoms with Gasteiger partial charge in [0.25, 0.3) is 11.1 Å². The summed E-state index contributed by atoms with van der Waals surface area (Å²) < 4.78 is 24.6. The molecule has 0 radical (unpaired) electrons. The molecule has 202 valence electrons. The lowest BCUT2D eigenvalue weighted by Gasteiger charge is -2.11. The molecule has 6 rings (SSSR count). The summed E-state index contributed by atoms with van der Waals surface area (Å²) in [5, 5.41) is 9.24. The zero-order valence-corrected chi connectivity index (χ0v) is 23.4. The lowest BCUT2D eigenvalue weighted by atomic mass is 10.1. The maximum absolute atomic E-state index is 12.7. The first-order valence-electron chi connectivity index (χ1n) is 11.9. The largest absolute Gasteiger partial charge is 0.496 e. The molecule has 1 N–H and O–H groups in total. The Labute approximate surface area is 241 Å². The summed E-state index contributed by atoms with van der Waals surface area (Å²) in [6.07, 6.45) is 1.78. The molecule has 0 fully saturated rings.